The van der Waals surface area contributed by atoms with Crippen molar-refractivity contribution in [3.05, 3.63) is 70.2 Å². The van der Waals surface area contributed by atoms with Gasteiger partial charge in [-0.25, -0.2) is 9.97 Å². The van der Waals surface area contributed by atoms with Crippen molar-refractivity contribution >= 4 is 28.7 Å². The zero-order chi connectivity index (χ0) is 24.5. The third-order valence-corrected chi connectivity index (χ3v) is 5.47. The number of aromatic nitrogens is 4. The monoisotopic (exact) mass is 492 g/mol. The number of rotatable bonds is 6. The Morgan fingerprint density at radius 3 is 2.44 bits per heavy atom. The molecule has 2 heterocycles. The van der Waals surface area contributed by atoms with Crippen molar-refractivity contribution in [2.24, 2.45) is 0 Å². The highest BCUT2D eigenvalue weighted by Crippen LogP contribution is 2.35. The predicted molar refractivity (Wildman–Crippen MR) is 114 cm³/mol. The van der Waals surface area contributed by atoms with Gasteiger partial charge in [-0.05, 0) is 18.2 Å². The van der Waals surface area contributed by atoms with E-state index in [0.29, 0.717) is 21.3 Å². The van der Waals surface area contributed by atoms with Crippen LogP contribution in [0.5, 0.6) is 5.75 Å². The highest BCUT2D eigenvalue weighted by molar-refractivity contribution is 7.17. The second kappa shape index (κ2) is 8.97. The predicted octanol–water partition coefficient (Wildman–Crippen LogP) is 5.48. The molecule has 34 heavy (non-hydrogen) atoms. The Labute approximate surface area is 192 Å². The number of halogens is 4. The molecular weight excluding hydrogens is 480 g/mol. The Morgan fingerprint density at radius 2 is 1.79 bits per heavy atom. The molecule has 0 saturated heterocycles. The van der Waals surface area contributed by atoms with E-state index >= 15 is 0 Å². The van der Waals surface area contributed by atoms with E-state index in [1.165, 1.54) is 31.5 Å². The lowest BCUT2D eigenvalue weighted by atomic mass is 10.1. The van der Waals surface area contributed by atoms with Gasteiger partial charge in [0.05, 0.1) is 23.3 Å². The Hall–Kier alpha value is -4.20. The number of alkyl halides is 3. The van der Waals surface area contributed by atoms with Crippen LogP contribution in [0.25, 0.3) is 21.3 Å². The van der Waals surface area contributed by atoms with E-state index in [9.17, 15) is 27.7 Å². The van der Waals surface area contributed by atoms with Gasteiger partial charge < -0.3 is 10.1 Å². The summed E-state index contributed by atoms with van der Waals surface area (Å²) < 4.78 is 57.2. The molecule has 174 valence electrons. The molecule has 9 nitrogen and oxygen atoms in total. The summed E-state index contributed by atoms with van der Waals surface area (Å²) in [5.41, 5.74) is -0.680. The number of methoxy groups -OCH3 is 1. The van der Waals surface area contributed by atoms with E-state index in [1.807, 2.05) is 0 Å². The average molecular weight is 492 g/mol. The third kappa shape index (κ3) is 4.76. The molecule has 2 aromatic carbocycles. The SMILES string of the molecule is COc1cc(F)c([N+](=O)[O-])cc1Nc1nccc(-c2nnc(-c3ccc(C(F)(F)F)cc3)s2)n1. The topological polar surface area (TPSA) is 116 Å². The smallest absolute Gasteiger partial charge is 0.416 e. The van der Waals surface area contributed by atoms with E-state index in [-0.39, 0.29) is 17.4 Å². The van der Waals surface area contributed by atoms with Crippen LogP contribution in [0.3, 0.4) is 0 Å². The molecule has 0 unspecified atom stereocenters. The lowest BCUT2D eigenvalue weighted by Gasteiger charge is -2.10. The number of nitrogens with one attached hydrogen (secondary N) is 1. The van der Waals surface area contributed by atoms with Crippen LogP contribution < -0.4 is 10.1 Å². The summed E-state index contributed by atoms with van der Waals surface area (Å²) in [4.78, 5) is 18.5. The lowest BCUT2D eigenvalue weighted by Crippen LogP contribution is -2.03. The molecule has 14 heteroatoms. The van der Waals surface area contributed by atoms with Crippen molar-refractivity contribution in [1.82, 2.24) is 20.2 Å². The standard InChI is InChI=1S/C20H12F4N6O3S/c1-33-16-8-12(21)15(30(31)32)9-14(16)27-19-25-7-6-13(26-19)18-29-28-17(34-18)10-2-4-11(5-3-10)20(22,23)24/h2-9H,1H3,(H,25,26,27). The van der Waals surface area contributed by atoms with Crippen molar-refractivity contribution in [1.29, 1.82) is 0 Å². The van der Waals surface area contributed by atoms with Gasteiger partial charge in [0.15, 0.2) is 5.01 Å². The van der Waals surface area contributed by atoms with Gasteiger partial charge in [0.2, 0.25) is 11.8 Å². The Bertz CT molecular complexity index is 1360. The molecule has 0 amide bonds. The number of nitrogens with zero attached hydrogens (tertiary/aromatic N) is 5. The van der Waals surface area contributed by atoms with Crippen LogP contribution in [-0.4, -0.2) is 32.2 Å². The first-order valence-electron chi connectivity index (χ1n) is 9.29. The van der Waals surface area contributed by atoms with E-state index < -0.39 is 28.2 Å². The first-order chi connectivity index (χ1) is 16.2. The van der Waals surface area contributed by atoms with Crippen LogP contribution in [0.15, 0.2) is 48.7 Å². The van der Waals surface area contributed by atoms with Crippen LogP contribution in [0.1, 0.15) is 5.56 Å². The number of hydrogen-bond donors (Lipinski definition) is 1. The first-order valence-corrected chi connectivity index (χ1v) is 10.1. The van der Waals surface area contributed by atoms with Crippen molar-refractivity contribution in [3.8, 4) is 27.0 Å². The maximum atomic E-state index is 13.9. The summed E-state index contributed by atoms with van der Waals surface area (Å²) in [6.45, 7) is 0. The molecule has 2 aromatic heterocycles. The molecule has 0 radical (unpaired) electrons. The van der Waals surface area contributed by atoms with Gasteiger partial charge >= 0.3 is 11.9 Å². The Morgan fingerprint density at radius 1 is 1.09 bits per heavy atom. The zero-order valence-electron chi connectivity index (χ0n) is 17.0. The summed E-state index contributed by atoms with van der Waals surface area (Å²) >= 11 is 1.10. The summed E-state index contributed by atoms with van der Waals surface area (Å²) in [6.07, 6.45) is -3.04. The maximum absolute atomic E-state index is 13.9. The van der Waals surface area contributed by atoms with Gasteiger partial charge in [0, 0.05) is 23.9 Å². The summed E-state index contributed by atoms with van der Waals surface area (Å²) in [6, 6.07) is 7.87. The Balaban J connectivity index is 1.60. The molecule has 0 bridgehead atoms. The number of benzene rings is 2. The fraction of sp³-hybridized carbons (Fsp3) is 0.100. The lowest BCUT2D eigenvalue weighted by molar-refractivity contribution is -0.387. The molecule has 0 aliphatic rings. The third-order valence-electron chi connectivity index (χ3n) is 4.47. The second-order valence-electron chi connectivity index (χ2n) is 6.64. The molecular formula is C20H12F4N6O3S. The zero-order valence-corrected chi connectivity index (χ0v) is 17.8. The molecule has 0 atom stereocenters. The molecule has 4 aromatic rings. The Kier molecular flexibility index (Phi) is 6.06. The number of nitro benzene ring substituents is 1. The molecule has 0 saturated carbocycles. The average Bonchev–Trinajstić information content (AvgIpc) is 3.30. The van der Waals surface area contributed by atoms with E-state index in [0.717, 1.165) is 35.6 Å². The van der Waals surface area contributed by atoms with Gasteiger partial charge in [-0.15, -0.1) is 10.2 Å². The summed E-state index contributed by atoms with van der Waals surface area (Å²) in [5, 5.41) is 22.6. The largest absolute Gasteiger partial charge is 0.494 e. The minimum absolute atomic E-state index is 0.00221. The number of anilines is 2. The molecule has 0 aliphatic heterocycles. The van der Waals surface area contributed by atoms with E-state index in [4.69, 9.17) is 4.74 Å². The molecule has 0 spiro atoms. The molecule has 4 rings (SSSR count). The van der Waals surface area contributed by atoms with Crippen LogP contribution in [0.2, 0.25) is 0 Å². The van der Waals surface area contributed by atoms with Crippen molar-refractivity contribution < 1.29 is 27.2 Å². The normalized spacial score (nSPS) is 11.3. The van der Waals surface area contributed by atoms with Crippen molar-refractivity contribution in [2.75, 3.05) is 12.4 Å². The van der Waals surface area contributed by atoms with Gasteiger partial charge in [0.25, 0.3) is 0 Å². The molecule has 0 aliphatic carbocycles. The fourth-order valence-electron chi connectivity index (χ4n) is 2.85. The van der Waals surface area contributed by atoms with E-state index in [2.05, 4.69) is 25.5 Å². The van der Waals surface area contributed by atoms with E-state index in [1.54, 1.807) is 0 Å². The molecule has 1 N–H and O–H groups in total. The van der Waals surface area contributed by atoms with Crippen molar-refractivity contribution in [2.45, 2.75) is 6.18 Å². The van der Waals surface area contributed by atoms with Gasteiger partial charge in [-0.1, -0.05) is 23.5 Å². The highest BCUT2D eigenvalue weighted by Gasteiger charge is 2.30. The van der Waals surface area contributed by atoms with Crippen LogP contribution >= 0.6 is 11.3 Å². The summed E-state index contributed by atoms with van der Waals surface area (Å²) in [7, 11) is 1.27. The van der Waals surface area contributed by atoms with Crippen LogP contribution in [0.4, 0.5) is 34.9 Å². The van der Waals surface area contributed by atoms with Gasteiger partial charge in [-0.2, -0.15) is 17.6 Å². The first kappa shape index (κ1) is 23.0. The number of hydrogen-bond acceptors (Lipinski definition) is 9. The maximum Gasteiger partial charge on any atom is 0.416 e. The fourth-order valence-corrected chi connectivity index (χ4v) is 3.67. The second-order valence-corrected chi connectivity index (χ2v) is 7.62. The summed E-state index contributed by atoms with van der Waals surface area (Å²) in [5.74, 6) is -1.05. The minimum Gasteiger partial charge on any atom is -0.494 e. The van der Waals surface area contributed by atoms with Gasteiger partial charge in [-0.3, -0.25) is 10.1 Å². The number of nitro groups is 1. The van der Waals surface area contributed by atoms with Crippen LogP contribution in [0, 0.1) is 15.9 Å². The van der Waals surface area contributed by atoms with Crippen molar-refractivity contribution in [3.63, 3.8) is 0 Å². The molecule has 0 fully saturated rings. The van der Waals surface area contributed by atoms with Crippen LogP contribution in [-0.2, 0) is 6.18 Å². The number of ether oxygens (including phenoxy) is 1. The highest BCUT2D eigenvalue weighted by atomic mass is 32.1. The minimum atomic E-state index is -4.44. The quantitative estimate of drug-likeness (QED) is 0.214. The van der Waals surface area contributed by atoms with Gasteiger partial charge in [0.1, 0.15) is 16.5 Å².